The number of carboxylic acids is 1. The second-order valence-electron chi connectivity index (χ2n) is 5.16. The molecule has 1 aliphatic rings. The van der Waals surface area contributed by atoms with Crippen molar-refractivity contribution in [2.75, 3.05) is 0 Å². The molecule has 118 valence electrons. The van der Waals surface area contributed by atoms with Crippen LogP contribution < -0.4 is 4.72 Å². The van der Waals surface area contributed by atoms with Gasteiger partial charge in [0.1, 0.15) is 0 Å². The molecule has 0 saturated carbocycles. The molecule has 0 amide bonds. The monoisotopic (exact) mass is 325 g/mol. The van der Waals surface area contributed by atoms with E-state index in [1.165, 1.54) is 0 Å². The molecule has 0 radical (unpaired) electrons. The predicted octanol–water partition coefficient (Wildman–Crippen LogP) is 0.197. The highest BCUT2D eigenvalue weighted by atomic mass is 32.2. The van der Waals surface area contributed by atoms with Crippen LogP contribution in [0.4, 0.5) is 0 Å². The van der Waals surface area contributed by atoms with E-state index in [2.05, 4.69) is 20.0 Å². The lowest BCUT2D eigenvalue weighted by molar-refractivity contribution is 0.0690. The number of nitrogens with one attached hydrogen (secondary N) is 2. The summed E-state index contributed by atoms with van der Waals surface area (Å²) in [5, 5.41) is 18.4. The van der Waals surface area contributed by atoms with Crippen LogP contribution in [-0.2, 0) is 23.5 Å². The molecular weight excluding hydrogens is 310 g/mol. The fraction of sp³-hybridized carbons (Fsp3) is 0.417. The van der Waals surface area contributed by atoms with Gasteiger partial charge in [-0.2, -0.15) is 10.2 Å². The first-order valence-corrected chi connectivity index (χ1v) is 8.18. The van der Waals surface area contributed by atoms with Gasteiger partial charge in [-0.25, -0.2) is 17.9 Å². The molecule has 0 fully saturated rings. The Hall–Kier alpha value is -2.20. The number of carboxylic acid groups (broad SMARTS) is 1. The Morgan fingerprint density at radius 1 is 1.55 bits per heavy atom. The highest BCUT2D eigenvalue weighted by Crippen LogP contribution is 2.30. The van der Waals surface area contributed by atoms with Crippen LogP contribution in [0.2, 0.25) is 0 Å². The fourth-order valence-electron chi connectivity index (χ4n) is 2.63. The molecule has 3 rings (SSSR count). The number of carbonyl (C=O) groups is 1. The third-order valence-corrected chi connectivity index (χ3v) is 5.12. The van der Waals surface area contributed by atoms with Gasteiger partial charge in [0.25, 0.3) is 10.0 Å². The molecule has 2 aromatic rings. The second kappa shape index (κ2) is 5.21. The van der Waals surface area contributed by atoms with Crippen LogP contribution in [0.15, 0.2) is 17.3 Å². The van der Waals surface area contributed by atoms with Crippen molar-refractivity contribution in [3.05, 3.63) is 29.2 Å². The Kier molecular flexibility index (Phi) is 3.49. The Morgan fingerprint density at radius 3 is 3.00 bits per heavy atom. The second-order valence-corrected chi connectivity index (χ2v) is 6.84. The number of fused-ring (bicyclic) bond motifs is 1. The van der Waals surface area contributed by atoms with Gasteiger partial charge in [0.15, 0.2) is 10.7 Å². The number of aromatic nitrogens is 4. The van der Waals surface area contributed by atoms with Gasteiger partial charge in [-0.1, -0.05) is 0 Å². The molecule has 9 nitrogen and oxygen atoms in total. The van der Waals surface area contributed by atoms with E-state index in [9.17, 15) is 13.2 Å². The molecular formula is C12H15N5O4S. The van der Waals surface area contributed by atoms with E-state index < -0.39 is 16.0 Å². The van der Waals surface area contributed by atoms with E-state index in [1.807, 2.05) is 7.05 Å². The number of aryl methyl sites for hydroxylation is 1. The molecule has 10 heteroatoms. The maximum Gasteiger partial charge on any atom is 0.356 e. The topological polar surface area (TPSA) is 130 Å². The van der Waals surface area contributed by atoms with Crippen molar-refractivity contribution >= 4 is 16.0 Å². The number of hydrogen-bond acceptors (Lipinski definition) is 5. The highest BCUT2D eigenvalue weighted by molar-refractivity contribution is 7.89. The first-order chi connectivity index (χ1) is 10.4. The third-order valence-electron chi connectivity index (χ3n) is 3.74. The van der Waals surface area contributed by atoms with E-state index in [0.29, 0.717) is 6.42 Å². The van der Waals surface area contributed by atoms with Crippen molar-refractivity contribution < 1.29 is 18.3 Å². The maximum absolute atomic E-state index is 12.4. The van der Waals surface area contributed by atoms with Crippen LogP contribution in [0.1, 0.15) is 40.6 Å². The summed E-state index contributed by atoms with van der Waals surface area (Å²) in [6, 6.07) is 0.622. The number of H-pyrrole nitrogens is 1. The lowest BCUT2D eigenvalue weighted by Gasteiger charge is -2.23. The minimum absolute atomic E-state index is 0.263. The summed E-state index contributed by atoms with van der Waals surface area (Å²) >= 11 is 0. The molecule has 2 heterocycles. The zero-order valence-corrected chi connectivity index (χ0v) is 12.6. The number of aromatic amines is 1. The quantitative estimate of drug-likeness (QED) is 0.736. The lowest BCUT2D eigenvalue weighted by Crippen LogP contribution is -2.31. The molecule has 1 atom stereocenters. The van der Waals surface area contributed by atoms with Gasteiger partial charge in [0.05, 0.1) is 12.2 Å². The number of aromatic carboxylic acids is 1. The molecule has 0 saturated heterocycles. The van der Waals surface area contributed by atoms with E-state index >= 15 is 0 Å². The summed E-state index contributed by atoms with van der Waals surface area (Å²) in [5.74, 6) is -1.29. The van der Waals surface area contributed by atoms with Gasteiger partial charge in [-0.3, -0.25) is 9.78 Å². The van der Waals surface area contributed by atoms with Gasteiger partial charge < -0.3 is 5.11 Å². The molecule has 0 aliphatic heterocycles. The smallest absolute Gasteiger partial charge is 0.356 e. The van der Waals surface area contributed by atoms with Crippen LogP contribution >= 0.6 is 0 Å². The van der Waals surface area contributed by atoms with Crippen molar-refractivity contribution in [2.24, 2.45) is 7.05 Å². The van der Waals surface area contributed by atoms with Crippen LogP contribution in [0.3, 0.4) is 0 Å². The SMILES string of the molecule is Cn1ncc2c1CCCC2NS(=O)(=O)c1cc(C(=O)O)n[nH]1. The lowest BCUT2D eigenvalue weighted by atomic mass is 9.94. The Morgan fingerprint density at radius 2 is 2.32 bits per heavy atom. The predicted molar refractivity (Wildman–Crippen MR) is 74.8 cm³/mol. The average molecular weight is 325 g/mol. The van der Waals surface area contributed by atoms with Gasteiger partial charge in [0.2, 0.25) is 0 Å². The van der Waals surface area contributed by atoms with Gasteiger partial charge in [-0.15, -0.1) is 0 Å². The van der Waals surface area contributed by atoms with Crippen LogP contribution in [0, 0.1) is 0 Å². The summed E-state index contributed by atoms with van der Waals surface area (Å²) in [4.78, 5) is 10.8. The summed E-state index contributed by atoms with van der Waals surface area (Å²) in [6.07, 6.45) is 4.04. The summed E-state index contributed by atoms with van der Waals surface area (Å²) in [6.45, 7) is 0. The molecule has 0 bridgehead atoms. The van der Waals surface area contributed by atoms with Crippen molar-refractivity contribution in [2.45, 2.75) is 30.3 Å². The molecule has 1 aliphatic carbocycles. The summed E-state index contributed by atoms with van der Waals surface area (Å²) < 4.78 is 29.0. The Labute approximate surface area is 126 Å². The molecule has 0 aromatic carbocycles. The minimum Gasteiger partial charge on any atom is -0.476 e. The minimum atomic E-state index is -3.87. The number of rotatable bonds is 4. The number of hydrogen-bond donors (Lipinski definition) is 3. The van der Waals surface area contributed by atoms with Crippen LogP contribution in [-0.4, -0.2) is 39.5 Å². The molecule has 3 N–H and O–H groups in total. The first kappa shape index (κ1) is 14.7. The van der Waals surface area contributed by atoms with Crippen LogP contribution in [0.5, 0.6) is 0 Å². The summed E-state index contributed by atoms with van der Waals surface area (Å²) in [7, 11) is -2.05. The van der Waals surface area contributed by atoms with Gasteiger partial charge >= 0.3 is 5.97 Å². The average Bonchev–Trinajstić information content (AvgIpc) is 3.07. The number of nitrogens with zero attached hydrogens (tertiary/aromatic N) is 3. The molecule has 0 spiro atoms. The summed E-state index contributed by atoms with van der Waals surface area (Å²) in [5.41, 5.74) is 1.52. The van der Waals surface area contributed by atoms with E-state index in [0.717, 1.165) is 30.2 Å². The third kappa shape index (κ3) is 2.50. The molecule has 2 aromatic heterocycles. The largest absolute Gasteiger partial charge is 0.476 e. The molecule has 1 unspecified atom stereocenters. The van der Waals surface area contributed by atoms with Crippen molar-refractivity contribution in [1.82, 2.24) is 24.7 Å². The van der Waals surface area contributed by atoms with Crippen molar-refractivity contribution in [3.63, 3.8) is 0 Å². The highest BCUT2D eigenvalue weighted by Gasteiger charge is 2.29. The first-order valence-electron chi connectivity index (χ1n) is 6.70. The Bertz CT molecular complexity index is 822. The van der Waals surface area contributed by atoms with Crippen molar-refractivity contribution in [1.29, 1.82) is 0 Å². The van der Waals surface area contributed by atoms with E-state index in [-0.39, 0.29) is 16.8 Å². The van der Waals surface area contributed by atoms with E-state index in [1.54, 1.807) is 10.9 Å². The zero-order valence-electron chi connectivity index (χ0n) is 11.8. The van der Waals surface area contributed by atoms with E-state index in [4.69, 9.17) is 5.11 Å². The Balaban J connectivity index is 1.87. The zero-order chi connectivity index (χ0) is 15.9. The maximum atomic E-state index is 12.4. The standard InChI is InChI=1S/C12H15N5O4S/c1-17-10-4-2-3-8(7(10)6-13-17)16-22(20,21)11-5-9(12(18)19)14-15-11/h5-6,8,16H,2-4H2,1H3,(H,14,15)(H,18,19). The number of sulfonamides is 1. The van der Waals surface area contributed by atoms with Gasteiger partial charge in [-0.05, 0) is 19.3 Å². The van der Waals surface area contributed by atoms with Gasteiger partial charge in [0, 0.05) is 24.4 Å². The normalized spacial score (nSPS) is 18.1. The fourth-order valence-corrected chi connectivity index (χ4v) is 3.81. The van der Waals surface area contributed by atoms with Crippen LogP contribution in [0.25, 0.3) is 0 Å². The van der Waals surface area contributed by atoms with Crippen molar-refractivity contribution in [3.8, 4) is 0 Å². The molecule has 22 heavy (non-hydrogen) atoms.